The number of sulfone groups is 1. The third kappa shape index (κ3) is 4.88. The van der Waals surface area contributed by atoms with Gasteiger partial charge in [-0.15, -0.1) is 0 Å². The van der Waals surface area contributed by atoms with E-state index in [0.29, 0.717) is 4.68 Å². The Morgan fingerprint density at radius 2 is 2.03 bits per heavy atom. The van der Waals surface area contributed by atoms with Gasteiger partial charge in [0, 0.05) is 11.8 Å². The summed E-state index contributed by atoms with van der Waals surface area (Å²) < 4.78 is 73.7. The zero-order chi connectivity index (χ0) is 23.0. The maximum absolute atomic E-state index is 13.3. The third-order valence-electron chi connectivity index (χ3n) is 3.90. The minimum atomic E-state index is -4.90. The summed E-state index contributed by atoms with van der Waals surface area (Å²) in [5.74, 6) is -1.40. The molecule has 0 N–H and O–H groups in total. The number of hydrogen-bond donors (Lipinski definition) is 0. The first kappa shape index (κ1) is 22.7. The molecule has 0 spiro atoms. The van der Waals surface area contributed by atoms with Crippen LogP contribution in [0.3, 0.4) is 0 Å². The second-order valence-corrected chi connectivity index (χ2v) is 8.59. The molecular weight excluding hydrogens is 465 g/mol. The van der Waals surface area contributed by atoms with Crippen molar-refractivity contribution in [2.24, 2.45) is 0 Å². The van der Waals surface area contributed by atoms with Crippen molar-refractivity contribution in [2.45, 2.75) is 24.5 Å². The van der Waals surface area contributed by atoms with E-state index in [0.717, 1.165) is 6.26 Å². The normalized spacial score (nSPS) is 12.2. The Hall–Kier alpha value is -2.93. The Labute approximate surface area is 178 Å². The van der Waals surface area contributed by atoms with Gasteiger partial charge >= 0.3 is 12.1 Å². The van der Waals surface area contributed by atoms with E-state index < -0.39 is 50.8 Å². The van der Waals surface area contributed by atoms with Crippen LogP contribution in [-0.4, -0.2) is 47.2 Å². The zero-order valence-electron chi connectivity index (χ0n) is 16.0. The first-order valence-electron chi connectivity index (χ1n) is 8.55. The van der Waals surface area contributed by atoms with Gasteiger partial charge in [-0.2, -0.15) is 23.3 Å². The van der Waals surface area contributed by atoms with E-state index in [1.807, 2.05) is 0 Å². The summed E-state index contributed by atoms with van der Waals surface area (Å²) in [5.41, 5.74) is -1.63. The van der Waals surface area contributed by atoms with Crippen molar-refractivity contribution in [1.29, 1.82) is 0 Å². The first-order valence-corrected chi connectivity index (χ1v) is 10.8. The SMILES string of the molecule is CCOC(=O)Cn1nc(C(F)(F)F)c(Cl)c1-c1nc(-c2cccc(S(C)(=O)=O)c2)no1. The van der Waals surface area contributed by atoms with Crippen LogP contribution in [-0.2, 0) is 32.1 Å². The number of aromatic nitrogens is 4. The summed E-state index contributed by atoms with van der Waals surface area (Å²) in [6.07, 6.45) is -3.89. The van der Waals surface area contributed by atoms with Crippen LogP contribution in [0.2, 0.25) is 5.02 Å². The fraction of sp³-hybridized carbons (Fsp3) is 0.294. The summed E-state index contributed by atoms with van der Waals surface area (Å²) >= 11 is 5.89. The van der Waals surface area contributed by atoms with Crippen LogP contribution in [0, 0.1) is 0 Å². The maximum atomic E-state index is 13.3. The van der Waals surface area contributed by atoms with E-state index in [-0.39, 0.29) is 22.9 Å². The summed E-state index contributed by atoms with van der Waals surface area (Å²) in [6.45, 7) is 0.863. The van der Waals surface area contributed by atoms with Gasteiger partial charge < -0.3 is 9.26 Å². The standard InChI is InChI=1S/C17H14ClF3N4O5S/c1-3-29-11(26)8-25-13(12(18)14(23-25)17(19,20)21)16-22-15(24-30-16)9-5-4-6-10(7-9)31(2,27)28/h4-7H,3,8H2,1-2H3. The number of rotatable bonds is 6. The molecule has 0 aliphatic rings. The second-order valence-electron chi connectivity index (χ2n) is 6.19. The lowest BCUT2D eigenvalue weighted by molar-refractivity contribution is -0.145. The fourth-order valence-corrected chi connectivity index (χ4v) is 3.56. The minimum Gasteiger partial charge on any atom is -0.465 e. The molecule has 0 atom stereocenters. The highest BCUT2D eigenvalue weighted by Crippen LogP contribution is 2.39. The Balaban J connectivity index is 2.08. The van der Waals surface area contributed by atoms with E-state index >= 15 is 0 Å². The average Bonchev–Trinajstić information content (AvgIpc) is 3.25. The van der Waals surface area contributed by atoms with Crippen LogP contribution < -0.4 is 0 Å². The molecule has 0 amide bonds. The number of halogens is 4. The smallest absolute Gasteiger partial charge is 0.436 e. The molecule has 166 valence electrons. The Morgan fingerprint density at radius 1 is 1.32 bits per heavy atom. The van der Waals surface area contributed by atoms with E-state index in [1.54, 1.807) is 0 Å². The molecule has 0 unspecified atom stereocenters. The van der Waals surface area contributed by atoms with Crippen molar-refractivity contribution in [1.82, 2.24) is 19.9 Å². The molecule has 14 heteroatoms. The summed E-state index contributed by atoms with van der Waals surface area (Å²) in [5, 5.41) is 6.20. The molecule has 0 aliphatic heterocycles. The number of alkyl halides is 3. The fourth-order valence-electron chi connectivity index (χ4n) is 2.57. The third-order valence-corrected chi connectivity index (χ3v) is 5.36. The van der Waals surface area contributed by atoms with Gasteiger partial charge in [-0.05, 0) is 19.1 Å². The van der Waals surface area contributed by atoms with Gasteiger partial charge in [0.05, 0.1) is 11.5 Å². The van der Waals surface area contributed by atoms with Gasteiger partial charge in [0.15, 0.2) is 15.5 Å². The van der Waals surface area contributed by atoms with E-state index in [4.69, 9.17) is 20.9 Å². The number of hydrogen-bond acceptors (Lipinski definition) is 8. The van der Waals surface area contributed by atoms with E-state index in [9.17, 15) is 26.4 Å². The molecule has 0 saturated heterocycles. The second kappa shape index (κ2) is 8.30. The van der Waals surface area contributed by atoms with Gasteiger partial charge in [-0.3, -0.25) is 4.79 Å². The average molecular weight is 479 g/mol. The van der Waals surface area contributed by atoms with Gasteiger partial charge in [-0.25, -0.2) is 13.1 Å². The van der Waals surface area contributed by atoms with Crippen LogP contribution in [0.5, 0.6) is 0 Å². The largest absolute Gasteiger partial charge is 0.465 e. The van der Waals surface area contributed by atoms with Gasteiger partial charge in [0.2, 0.25) is 5.82 Å². The van der Waals surface area contributed by atoms with Gasteiger partial charge in [-0.1, -0.05) is 28.9 Å². The number of ether oxygens (including phenoxy) is 1. The summed E-state index contributed by atoms with van der Waals surface area (Å²) in [7, 11) is -3.52. The first-order chi connectivity index (χ1) is 14.4. The van der Waals surface area contributed by atoms with Crippen molar-refractivity contribution < 1.29 is 35.6 Å². The Morgan fingerprint density at radius 3 is 2.65 bits per heavy atom. The maximum Gasteiger partial charge on any atom is 0.436 e. The molecule has 2 aromatic heterocycles. The van der Waals surface area contributed by atoms with E-state index in [2.05, 4.69) is 15.2 Å². The number of nitrogens with zero attached hydrogens (tertiary/aromatic N) is 4. The summed E-state index contributed by atoms with van der Waals surface area (Å²) in [6, 6.07) is 5.58. The van der Waals surface area contributed by atoms with Gasteiger partial charge in [0.25, 0.3) is 5.89 Å². The lowest BCUT2D eigenvalue weighted by Crippen LogP contribution is -2.16. The molecule has 0 radical (unpaired) electrons. The molecule has 1 aromatic carbocycles. The zero-order valence-corrected chi connectivity index (χ0v) is 17.5. The van der Waals surface area contributed by atoms with Crippen molar-refractivity contribution in [3.05, 3.63) is 35.0 Å². The molecule has 0 bridgehead atoms. The molecule has 3 aromatic rings. The quantitative estimate of drug-likeness (QED) is 0.495. The van der Waals surface area contributed by atoms with Crippen LogP contribution >= 0.6 is 11.6 Å². The Bertz CT molecular complexity index is 1240. The molecular formula is C17H14ClF3N4O5S. The molecule has 3 rings (SSSR count). The number of carbonyl (C=O) groups excluding carboxylic acids is 1. The predicted octanol–water partition coefficient (Wildman–Crippen LogP) is 3.24. The lowest BCUT2D eigenvalue weighted by Gasteiger charge is -2.04. The number of carbonyl (C=O) groups is 1. The topological polar surface area (TPSA) is 117 Å². The number of benzene rings is 1. The monoisotopic (exact) mass is 478 g/mol. The lowest BCUT2D eigenvalue weighted by atomic mass is 10.2. The molecule has 0 saturated carbocycles. The van der Waals surface area contributed by atoms with Gasteiger partial charge in [0.1, 0.15) is 17.3 Å². The van der Waals surface area contributed by atoms with Crippen LogP contribution in [0.15, 0.2) is 33.7 Å². The predicted molar refractivity (Wildman–Crippen MR) is 101 cm³/mol. The van der Waals surface area contributed by atoms with Crippen LogP contribution in [0.25, 0.3) is 23.0 Å². The number of esters is 1. The highest BCUT2D eigenvalue weighted by atomic mass is 35.5. The minimum absolute atomic E-state index is 0.0106. The molecule has 9 nitrogen and oxygen atoms in total. The highest BCUT2D eigenvalue weighted by Gasteiger charge is 2.40. The molecule has 0 aliphatic carbocycles. The van der Waals surface area contributed by atoms with E-state index in [1.165, 1.54) is 31.2 Å². The Kier molecular flexibility index (Phi) is 6.09. The van der Waals surface area contributed by atoms with Crippen LogP contribution in [0.4, 0.5) is 13.2 Å². The van der Waals surface area contributed by atoms with Crippen molar-refractivity contribution in [3.63, 3.8) is 0 Å². The molecule has 31 heavy (non-hydrogen) atoms. The van der Waals surface area contributed by atoms with Crippen molar-refractivity contribution >= 4 is 27.4 Å². The molecule has 2 heterocycles. The summed E-state index contributed by atoms with van der Waals surface area (Å²) in [4.78, 5) is 15.8. The van der Waals surface area contributed by atoms with Crippen LogP contribution in [0.1, 0.15) is 12.6 Å². The highest BCUT2D eigenvalue weighted by molar-refractivity contribution is 7.90. The molecule has 0 fully saturated rings. The van der Waals surface area contributed by atoms with Crippen molar-refractivity contribution in [2.75, 3.05) is 12.9 Å². The van der Waals surface area contributed by atoms with Crippen molar-refractivity contribution in [3.8, 4) is 23.0 Å².